The van der Waals surface area contributed by atoms with E-state index in [2.05, 4.69) is 72.8 Å². The van der Waals surface area contributed by atoms with Crippen molar-refractivity contribution in [3.63, 3.8) is 0 Å². The molecule has 0 unspecified atom stereocenters. The highest BCUT2D eigenvalue weighted by Gasteiger charge is 2.40. The van der Waals surface area contributed by atoms with E-state index in [4.69, 9.17) is 17.7 Å². The molecule has 0 saturated heterocycles. The average Bonchev–Trinajstić information content (AvgIpc) is 2.97. The Balaban J connectivity index is 0.000000209. The van der Waals surface area contributed by atoms with E-state index in [1.807, 2.05) is 62.4 Å². The molecule has 36 heavy (non-hydrogen) atoms. The lowest BCUT2D eigenvalue weighted by Crippen LogP contribution is -2.62. The minimum atomic E-state index is -2.50. The van der Waals surface area contributed by atoms with Crippen molar-refractivity contribution >= 4 is 28.9 Å². The van der Waals surface area contributed by atoms with Crippen LogP contribution in [-0.2, 0) is 17.7 Å². The number of benzene rings is 4. The van der Waals surface area contributed by atoms with Crippen LogP contribution in [0.25, 0.3) is 11.1 Å². The van der Waals surface area contributed by atoms with Crippen molar-refractivity contribution in [3.05, 3.63) is 121 Å². The summed E-state index contributed by atoms with van der Waals surface area (Å²) in [6.07, 6.45) is 0. The Kier molecular flexibility index (Phi) is 14.3. The highest BCUT2D eigenvalue weighted by molar-refractivity contribution is 6.92. The molecule has 0 N–H and O–H groups in total. The van der Waals surface area contributed by atoms with Crippen molar-refractivity contribution in [1.82, 2.24) is 0 Å². The summed E-state index contributed by atoms with van der Waals surface area (Å²) in [5, 5.41) is 2.24. The second-order valence-corrected chi connectivity index (χ2v) is 11.8. The standard InChI is InChI=1S/C14H16O2Si.C12H10.C4H12O2Si/c1-15-17(16-2,13-9-5-3-6-10-13)14-11-7-4-8-12-14;1-3-7-11(8-4-1)12-9-5-2-6-10-12;1-3-5-7-6-4-2/h3-12H,1-2H3;1-10H;3-4,7H2,1-2H3. The fourth-order valence-corrected chi connectivity index (χ4v) is 6.68. The first kappa shape index (κ1) is 29.4. The molecule has 0 aromatic heterocycles. The van der Waals surface area contributed by atoms with Gasteiger partial charge in [-0.15, -0.1) is 0 Å². The van der Waals surface area contributed by atoms with E-state index in [0.29, 0.717) is 0 Å². The van der Waals surface area contributed by atoms with Crippen LogP contribution in [0.2, 0.25) is 0 Å². The second kappa shape index (κ2) is 17.6. The molecule has 0 aliphatic rings. The van der Waals surface area contributed by atoms with Gasteiger partial charge < -0.3 is 17.7 Å². The van der Waals surface area contributed by atoms with Crippen LogP contribution in [0, 0.1) is 0 Å². The van der Waals surface area contributed by atoms with E-state index in [9.17, 15) is 0 Å². The third kappa shape index (κ3) is 9.31. The smallest absolute Gasteiger partial charge is 0.399 e. The molecule has 0 fully saturated rings. The molecule has 0 saturated carbocycles. The fraction of sp³-hybridized carbons (Fsp3) is 0.200. The summed E-state index contributed by atoms with van der Waals surface area (Å²) in [7, 11) is 0.352. The van der Waals surface area contributed by atoms with Gasteiger partial charge in [-0.3, -0.25) is 0 Å². The first-order valence-corrected chi connectivity index (χ1v) is 15.2. The van der Waals surface area contributed by atoms with Crippen LogP contribution in [0.15, 0.2) is 121 Å². The summed E-state index contributed by atoms with van der Waals surface area (Å²) < 4.78 is 21.5. The molecular weight excluding hydrogens is 480 g/mol. The van der Waals surface area contributed by atoms with Gasteiger partial charge in [-0.1, -0.05) is 121 Å². The molecule has 4 nitrogen and oxygen atoms in total. The lowest BCUT2D eigenvalue weighted by atomic mass is 10.1. The molecule has 0 atom stereocenters. The minimum absolute atomic E-state index is 0.589. The number of rotatable bonds is 9. The highest BCUT2D eigenvalue weighted by Crippen LogP contribution is 2.17. The maximum atomic E-state index is 5.78. The molecule has 0 radical (unpaired) electrons. The quantitative estimate of drug-likeness (QED) is 0.232. The van der Waals surface area contributed by atoms with Crippen LogP contribution in [0.5, 0.6) is 0 Å². The van der Waals surface area contributed by atoms with Crippen LogP contribution in [0.1, 0.15) is 13.8 Å². The van der Waals surface area contributed by atoms with Crippen LogP contribution < -0.4 is 10.4 Å². The summed E-state index contributed by atoms with van der Waals surface area (Å²) in [6.45, 7) is 5.55. The van der Waals surface area contributed by atoms with E-state index in [0.717, 1.165) is 23.6 Å². The van der Waals surface area contributed by atoms with Crippen molar-refractivity contribution in [3.8, 4) is 11.1 Å². The second-order valence-electron chi connectivity index (χ2n) is 7.59. The molecule has 0 aliphatic carbocycles. The summed E-state index contributed by atoms with van der Waals surface area (Å²) >= 11 is 0. The van der Waals surface area contributed by atoms with Gasteiger partial charge in [0.25, 0.3) is 0 Å². The Morgan fingerprint density at radius 1 is 0.500 bits per heavy atom. The van der Waals surface area contributed by atoms with Gasteiger partial charge in [-0.25, -0.2) is 0 Å². The molecule has 0 bridgehead atoms. The topological polar surface area (TPSA) is 36.9 Å². The number of hydrogen-bond acceptors (Lipinski definition) is 4. The van der Waals surface area contributed by atoms with Crippen molar-refractivity contribution < 1.29 is 17.7 Å². The summed E-state index contributed by atoms with van der Waals surface area (Å²) in [5.74, 6) is 0. The minimum Gasteiger partial charge on any atom is -0.399 e. The Labute approximate surface area is 220 Å². The first-order valence-electron chi connectivity index (χ1n) is 12.2. The van der Waals surface area contributed by atoms with E-state index >= 15 is 0 Å². The highest BCUT2D eigenvalue weighted by atomic mass is 28.4. The molecule has 0 amide bonds. The third-order valence-corrected chi connectivity index (χ3v) is 9.82. The van der Waals surface area contributed by atoms with E-state index in [1.165, 1.54) is 11.1 Å². The average molecular weight is 519 g/mol. The van der Waals surface area contributed by atoms with E-state index < -0.39 is 18.6 Å². The predicted molar refractivity (Wildman–Crippen MR) is 156 cm³/mol. The van der Waals surface area contributed by atoms with Gasteiger partial charge in [-0.05, 0) is 35.3 Å². The zero-order chi connectivity index (χ0) is 25.9. The van der Waals surface area contributed by atoms with Gasteiger partial charge in [0.05, 0.1) is 0 Å². The maximum Gasteiger partial charge on any atom is 0.406 e. The zero-order valence-corrected chi connectivity index (χ0v) is 24.2. The molecule has 0 spiro atoms. The Bertz CT molecular complexity index is 962. The van der Waals surface area contributed by atoms with Gasteiger partial charge >= 0.3 is 18.6 Å². The van der Waals surface area contributed by atoms with Gasteiger partial charge in [0.15, 0.2) is 0 Å². The molecule has 4 aromatic carbocycles. The fourth-order valence-electron chi connectivity index (χ4n) is 3.52. The lowest BCUT2D eigenvalue weighted by Gasteiger charge is -2.27. The Morgan fingerprint density at radius 3 is 1.08 bits per heavy atom. The number of hydrogen-bond donors (Lipinski definition) is 0. The summed E-state index contributed by atoms with van der Waals surface area (Å²) in [4.78, 5) is 0. The normalized spacial score (nSPS) is 10.4. The molecule has 0 heterocycles. The van der Waals surface area contributed by atoms with E-state index in [1.54, 1.807) is 14.2 Å². The SMILES string of the molecule is CCO[SiH2]OCC.CO[Si](OC)(c1ccccc1)c1ccccc1.c1ccc(-c2ccccc2)cc1. The molecule has 190 valence electrons. The Morgan fingerprint density at radius 2 is 0.806 bits per heavy atom. The summed E-state index contributed by atoms with van der Waals surface area (Å²) in [6, 6.07) is 41.1. The van der Waals surface area contributed by atoms with Crippen LogP contribution in [-0.4, -0.2) is 46.0 Å². The lowest BCUT2D eigenvalue weighted by molar-refractivity contribution is 0.240. The first-order chi connectivity index (χ1) is 17.7. The van der Waals surface area contributed by atoms with E-state index in [-0.39, 0.29) is 0 Å². The monoisotopic (exact) mass is 518 g/mol. The maximum absolute atomic E-state index is 5.78. The summed E-state index contributed by atoms with van der Waals surface area (Å²) in [5.41, 5.74) is 2.55. The van der Waals surface area contributed by atoms with Crippen molar-refractivity contribution in [2.45, 2.75) is 13.8 Å². The third-order valence-electron chi connectivity index (χ3n) is 5.34. The zero-order valence-electron chi connectivity index (χ0n) is 21.8. The van der Waals surface area contributed by atoms with Crippen molar-refractivity contribution in [2.24, 2.45) is 0 Å². The molecule has 4 aromatic rings. The van der Waals surface area contributed by atoms with Gasteiger partial charge in [-0.2, -0.15) is 0 Å². The van der Waals surface area contributed by atoms with Gasteiger partial charge in [0, 0.05) is 27.4 Å². The predicted octanol–water partition coefficient (Wildman–Crippen LogP) is 4.95. The van der Waals surface area contributed by atoms with Gasteiger partial charge in [0.1, 0.15) is 0 Å². The van der Waals surface area contributed by atoms with Crippen molar-refractivity contribution in [2.75, 3.05) is 27.4 Å². The largest absolute Gasteiger partial charge is 0.406 e. The van der Waals surface area contributed by atoms with Crippen LogP contribution >= 0.6 is 0 Å². The van der Waals surface area contributed by atoms with Gasteiger partial charge in [0.2, 0.25) is 0 Å². The van der Waals surface area contributed by atoms with Crippen LogP contribution in [0.4, 0.5) is 0 Å². The Hall–Kier alpha value is -2.85. The molecule has 0 aliphatic heterocycles. The molecule has 4 rings (SSSR count). The van der Waals surface area contributed by atoms with Crippen molar-refractivity contribution in [1.29, 1.82) is 0 Å². The van der Waals surface area contributed by atoms with Crippen LogP contribution in [0.3, 0.4) is 0 Å². The molecular formula is C30H38O4Si2. The molecule has 6 heteroatoms.